The van der Waals surface area contributed by atoms with E-state index < -0.39 is 11.1 Å². The molecule has 0 aliphatic heterocycles. The van der Waals surface area contributed by atoms with Crippen LogP contribution in [-0.4, -0.2) is 13.7 Å². The van der Waals surface area contributed by atoms with Gasteiger partial charge in [-0.05, 0) is 6.07 Å². The number of rotatable bonds is 1. The molecule has 0 saturated carbocycles. The van der Waals surface area contributed by atoms with Gasteiger partial charge in [-0.1, -0.05) is 11.6 Å². The fourth-order valence-corrected chi connectivity index (χ4v) is 1.18. The Morgan fingerprint density at radius 1 is 1.70 bits per heavy atom. The molecule has 0 aliphatic rings. The molecule has 10 heavy (non-hydrogen) atoms. The van der Waals surface area contributed by atoms with Gasteiger partial charge in [-0.2, -0.15) is 0 Å². The van der Waals surface area contributed by atoms with E-state index in [4.69, 9.17) is 16.2 Å². The maximum atomic E-state index is 10.4. The molecule has 1 atom stereocenters. The smallest absolute Gasteiger partial charge is 0.189 e. The number of pyridine rings is 1. The molecule has 0 spiro atoms. The third-order valence-electron chi connectivity index (χ3n) is 0.922. The number of nitrogens with zero attached hydrogens (tertiary/aromatic N) is 1. The van der Waals surface area contributed by atoms with E-state index in [2.05, 4.69) is 4.98 Å². The molecule has 1 rings (SSSR count). The van der Waals surface area contributed by atoms with Crippen LogP contribution in [0.5, 0.6) is 0 Å². The molecule has 1 N–H and O–H groups in total. The van der Waals surface area contributed by atoms with Gasteiger partial charge >= 0.3 is 0 Å². The van der Waals surface area contributed by atoms with Crippen molar-refractivity contribution in [3.05, 3.63) is 23.5 Å². The average molecular weight is 178 g/mol. The quantitative estimate of drug-likeness (QED) is 0.659. The van der Waals surface area contributed by atoms with Gasteiger partial charge in [0.05, 0.1) is 5.02 Å². The van der Waals surface area contributed by atoms with Crippen LogP contribution in [0.4, 0.5) is 0 Å². The molecule has 0 fully saturated rings. The molecule has 1 unspecified atom stereocenters. The molecule has 1 aromatic heterocycles. The lowest BCUT2D eigenvalue weighted by Crippen LogP contribution is -1.89. The van der Waals surface area contributed by atoms with Crippen LogP contribution in [0.3, 0.4) is 0 Å². The largest absolute Gasteiger partial charge is 0.302 e. The van der Waals surface area contributed by atoms with Crippen molar-refractivity contribution in [2.24, 2.45) is 0 Å². The second kappa shape index (κ2) is 3.09. The summed E-state index contributed by atoms with van der Waals surface area (Å²) in [6, 6.07) is 1.46. The summed E-state index contributed by atoms with van der Waals surface area (Å²) in [6.07, 6.45) is 2.72. The van der Waals surface area contributed by atoms with Gasteiger partial charge in [0.1, 0.15) is 4.90 Å². The van der Waals surface area contributed by atoms with Crippen molar-refractivity contribution < 1.29 is 8.76 Å². The van der Waals surface area contributed by atoms with Crippen LogP contribution in [0.15, 0.2) is 23.4 Å². The second-order valence-corrected chi connectivity index (χ2v) is 2.90. The van der Waals surface area contributed by atoms with E-state index in [1.807, 2.05) is 0 Å². The van der Waals surface area contributed by atoms with Gasteiger partial charge in [-0.25, -0.2) is 4.21 Å². The highest BCUT2D eigenvalue weighted by Crippen LogP contribution is 2.15. The van der Waals surface area contributed by atoms with Crippen molar-refractivity contribution in [2.45, 2.75) is 4.90 Å². The first kappa shape index (κ1) is 7.65. The van der Waals surface area contributed by atoms with Gasteiger partial charge in [0.2, 0.25) is 0 Å². The van der Waals surface area contributed by atoms with Crippen molar-refractivity contribution >= 4 is 22.7 Å². The van der Waals surface area contributed by atoms with Crippen LogP contribution in [0.2, 0.25) is 5.02 Å². The lowest BCUT2D eigenvalue weighted by molar-refractivity contribution is 0.564. The first-order chi connectivity index (χ1) is 4.72. The molecular weight excluding hydrogens is 174 g/mol. The van der Waals surface area contributed by atoms with Crippen molar-refractivity contribution in [3.63, 3.8) is 0 Å². The van der Waals surface area contributed by atoms with Gasteiger partial charge < -0.3 is 4.55 Å². The lowest BCUT2D eigenvalue weighted by Gasteiger charge is -1.94. The number of aromatic nitrogens is 1. The summed E-state index contributed by atoms with van der Waals surface area (Å²) in [6.45, 7) is 0. The Morgan fingerprint density at radius 3 is 2.80 bits per heavy atom. The minimum atomic E-state index is -2.03. The van der Waals surface area contributed by atoms with E-state index in [-0.39, 0.29) is 9.92 Å². The standard InChI is InChI=1S/C5H4ClNO2S/c6-4-1-2-7-3-5(4)10(8)9/h1-3H,(H,8,9). The first-order valence-electron chi connectivity index (χ1n) is 2.42. The third-order valence-corrected chi connectivity index (χ3v) is 2.07. The predicted octanol–water partition coefficient (Wildman–Crippen LogP) is 1.32. The van der Waals surface area contributed by atoms with Crippen LogP contribution in [-0.2, 0) is 11.1 Å². The van der Waals surface area contributed by atoms with Crippen LogP contribution in [0, 0.1) is 0 Å². The maximum absolute atomic E-state index is 10.4. The van der Waals surface area contributed by atoms with Crippen LogP contribution in [0.1, 0.15) is 0 Å². The fourth-order valence-electron chi connectivity index (χ4n) is 0.491. The van der Waals surface area contributed by atoms with E-state index in [1.54, 1.807) is 0 Å². The number of hydrogen-bond acceptors (Lipinski definition) is 2. The Bertz CT molecular complexity index is 266. The highest BCUT2D eigenvalue weighted by molar-refractivity contribution is 7.79. The molecule has 0 bridgehead atoms. The Hall–Kier alpha value is -0.450. The minimum absolute atomic E-state index is 0.143. The van der Waals surface area contributed by atoms with E-state index in [9.17, 15) is 4.21 Å². The highest BCUT2D eigenvalue weighted by atomic mass is 35.5. The van der Waals surface area contributed by atoms with Crippen molar-refractivity contribution in [3.8, 4) is 0 Å². The van der Waals surface area contributed by atoms with E-state index in [0.29, 0.717) is 0 Å². The van der Waals surface area contributed by atoms with Crippen LogP contribution >= 0.6 is 11.6 Å². The lowest BCUT2D eigenvalue weighted by atomic mass is 10.5. The van der Waals surface area contributed by atoms with Gasteiger partial charge in [-0.15, -0.1) is 0 Å². The summed E-state index contributed by atoms with van der Waals surface area (Å²) in [4.78, 5) is 3.77. The SMILES string of the molecule is O=S(O)c1cnccc1Cl. The first-order valence-corrected chi connectivity index (χ1v) is 3.90. The summed E-state index contributed by atoms with van der Waals surface area (Å²) in [7, 11) is 0. The topological polar surface area (TPSA) is 50.2 Å². The Morgan fingerprint density at radius 2 is 2.40 bits per heavy atom. The zero-order valence-electron chi connectivity index (χ0n) is 4.82. The normalized spacial score (nSPS) is 13.0. The van der Waals surface area contributed by atoms with Crippen LogP contribution < -0.4 is 0 Å². The molecular formula is C5H4ClNO2S. The van der Waals surface area contributed by atoms with Gasteiger partial charge in [0.15, 0.2) is 11.1 Å². The molecule has 0 aliphatic carbocycles. The fraction of sp³-hybridized carbons (Fsp3) is 0. The molecule has 0 saturated heterocycles. The highest BCUT2D eigenvalue weighted by Gasteiger charge is 2.03. The zero-order chi connectivity index (χ0) is 7.56. The second-order valence-electron chi connectivity index (χ2n) is 1.56. The minimum Gasteiger partial charge on any atom is -0.302 e. The summed E-state index contributed by atoms with van der Waals surface area (Å²) in [5.41, 5.74) is 0. The molecule has 0 amide bonds. The molecule has 1 aromatic rings. The van der Waals surface area contributed by atoms with Crippen LogP contribution in [0.25, 0.3) is 0 Å². The van der Waals surface area contributed by atoms with E-state index in [0.717, 1.165) is 0 Å². The Labute approximate surface area is 65.3 Å². The predicted molar refractivity (Wildman–Crippen MR) is 38.3 cm³/mol. The zero-order valence-corrected chi connectivity index (χ0v) is 6.39. The van der Waals surface area contributed by atoms with Crippen molar-refractivity contribution in [1.29, 1.82) is 0 Å². The molecule has 3 nitrogen and oxygen atoms in total. The molecule has 5 heteroatoms. The Kier molecular flexibility index (Phi) is 2.37. The summed E-state index contributed by atoms with van der Waals surface area (Å²) < 4.78 is 19.0. The summed E-state index contributed by atoms with van der Waals surface area (Å²) in [5, 5.41) is 0.260. The summed E-state index contributed by atoms with van der Waals surface area (Å²) in [5.74, 6) is 0. The monoisotopic (exact) mass is 177 g/mol. The van der Waals surface area contributed by atoms with Gasteiger partial charge in [0.25, 0.3) is 0 Å². The Balaban J connectivity index is 3.15. The van der Waals surface area contributed by atoms with Crippen molar-refractivity contribution in [1.82, 2.24) is 4.98 Å². The molecule has 0 radical (unpaired) electrons. The maximum Gasteiger partial charge on any atom is 0.189 e. The molecule has 0 aromatic carbocycles. The molecule has 1 heterocycles. The average Bonchev–Trinajstić information content (AvgIpc) is 1.88. The van der Waals surface area contributed by atoms with Gasteiger partial charge in [0, 0.05) is 12.4 Å². The number of halogens is 1. The molecule has 54 valence electrons. The van der Waals surface area contributed by atoms with Crippen molar-refractivity contribution in [2.75, 3.05) is 0 Å². The van der Waals surface area contributed by atoms with E-state index in [1.165, 1.54) is 18.5 Å². The number of hydrogen-bond donors (Lipinski definition) is 1. The van der Waals surface area contributed by atoms with Gasteiger partial charge in [-0.3, -0.25) is 4.98 Å². The summed E-state index contributed by atoms with van der Waals surface area (Å²) >= 11 is 3.49. The third kappa shape index (κ3) is 1.53. The van der Waals surface area contributed by atoms with E-state index >= 15 is 0 Å².